The van der Waals surface area contributed by atoms with Crippen LogP contribution >= 0.6 is 7.82 Å². The van der Waals surface area contributed by atoms with Crippen molar-refractivity contribution in [3.8, 4) is 0 Å². The molecule has 3 atom stereocenters. The summed E-state index contributed by atoms with van der Waals surface area (Å²) in [5.41, 5.74) is 5.15. The van der Waals surface area contributed by atoms with Crippen LogP contribution in [0.25, 0.3) is 0 Å². The van der Waals surface area contributed by atoms with Gasteiger partial charge in [-0.25, -0.2) is 4.57 Å². The van der Waals surface area contributed by atoms with Crippen molar-refractivity contribution in [1.82, 2.24) is 0 Å². The van der Waals surface area contributed by atoms with Crippen LogP contribution in [-0.4, -0.2) is 59.0 Å². The Hall–Kier alpha value is -1.29. The molecule has 0 aromatic heterocycles. The highest BCUT2D eigenvalue weighted by Crippen LogP contribution is 2.43. The Kier molecular flexibility index (Phi) is 21.1. The summed E-state index contributed by atoms with van der Waals surface area (Å²) in [5, 5.41) is 18.3. The first-order chi connectivity index (χ1) is 16.7. The van der Waals surface area contributed by atoms with Crippen LogP contribution < -0.4 is 5.73 Å². The summed E-state index contributed by atoms with van der Waals surface area (Å²) in [6, 6.07) is -1.48. The van der Waals surface area contributed by atoms with E-state index < -0.39 is 51.7 Å². The molecule has 0 aliphatic heterocycles. The van der Waals surface area contributed by atoms with Crippen LogP contribution in [0, 0.1) is 0 Å². The molecular formula is C24H46NO9P. The average Bonchev–Trinajstić information content (AvgIpc) is 2.82. The maximum absolute atomic E-state index is 11.7. The van der Waals surface area contributed by atoms with Gasteiger partial charge in [0.1, 0.15) is 18.8 Å². The number of allylic oxidation sites excluding steroid dienone is 2. The first-order valence-corrected chi connectivity index (χ1v) is 14.3. The number of carbonyl (C=O) groups excluding carboxylic acids is 1. The Balaban J connectivity index is 3.62. The lowest BCUT2D eigenvalue weighted by Crippen LogP contribution is -2.34. The lowest BCUT2D eigenvalue weighted by molar-refractivity contribution is -0.147. The second-order valence-electron chi connectivity index (χ2n) is 8.68. The molecule has 0 fully saturated rings. The fourth-order valence-corrected chi connectivity index (χ4v) is 3.90. The Bertz CT molecular complexity index is 630. The predicted molar refractivity (Wildman–Crippen MR) is 134 cm³/mol. The Morgan fingerprint density at radius 2 is 1.37 bits per heavy atom. The molecule has 0 heterocycles. The van der Waals surface area contributed by atoms with Crippen molar-refractivity contribution in [3.05, 3.63) is 12.2 Å². The van der Waals surface area contributed by atoms with E-state index in [4.69, 9.17) is 15.6 Å². The maximum atomic E-state index is 11.7. The fraction of sp³-hybridized carbons (Fsp3) is 0.833. The second-order valence-corrected chi connectivity index (χ2v) is 10.1. The minimum Gasteiger partial charge on any atom is -0.480 e. The number of hydrogen-bond donors (Lipinski definition) is 4. The van der Waals surface area contributed by atoms with Crippen molar-refractivity contribution in [3.63, 3.8) is 0 Å². The maximum Gasteiger partial charge on any atom is 0.472 e. The SMILES string of the molecule is CCCCCCCC/C=C/CCCCCCCC(=O)OC[C@H](O)COP(=O)(O)OC[C@H](N)C(=O)O. The van der Waals surface area contributed by atoms with E-state index in [9.17, 15) is 24.2 Å². The predicted octanol–water partition coefficient (Wildman–Crippen LogP) is 4.47. The third kappa shape index (κ3) is 22.9. The summed E-state index contributed by atoms with van der Waals surface area (Å²) in [4.78, 5) is 31.7. The normalized spacial score (nSPS) is 15.1. The molecule has 11 heteroatoms. The number of rotatable bonds is 24. The van der Waals surface area contributed by atoms with E-state index in [-0.39, 0.29) is 6.42 Å². The fourth-order valence-electron chi connectivity index (χ4n) is 3.11. The largest absolute Gasteiger partial charge is 0.480 e. The number of phosphoric ester groups is 1. The van der Waals surface area contributed by atoms with Gasteiger partial charge >= 0.3 is 19.8 Å². The molecular weight excluding hydrogens is 477 g/mol. The molecule has 0 bridgehead atoms. The molecule has 5 N–H and O–H groups in total. The molecule has 0 aliphatic carbocycles. The molecule has 0 aliphatic rings. The lowest BCUT2D eigenvalue weighted by Gasteiger charge is -2.16. The summed E-state index contributed by atoms with van der Waals surface area (Å²) >= 11 is 0. The van der Waals surface area contributed by atoms with Gasteiger partial charge in [-0.1, -0.05) is 70.4 Å². The molecule has 206 valence electrons. The monoisotopic (exact) mass is 523 g/mol. The molecule has 0 saturated heterocycles. The summed E-state index contributed by atoms with van der Waals surface area (Å²) in [7, 11) is -4.58. The van der Waals surface area contributed by atoms with Crippen molar-refractivity contribution in [1.29, 1.82) is 0 Å². The van der Waals surface area contributed by atoms with E-state index in [0.717, 1.165) is 32.1 Å². The second kappa shape index (κ2) is 21.9. The van der Waals surface area contributed by atoms with Crippen LogP contribution in [0.3, 0.4) is 0 Å². The number of esters is 1. The zero-order valence-electron chi connectivity index (χ0n) is 21.1. The standard InChI is InChI=1S/C24H46NO9P/c1-2-3-4-5-6-7-8-9-10-11-12-13-14-15-16-17-23(27)32-18-21(26)19-33-35(30,31)34-20-22(25)24(28)29/h9-10,21-22,26H,2-8,11-20,25H2,1H3,(H,28,29)(H,30,31)/b10-9+/t21-,22-/m0/s1. The van der Waals surface area contributed by atoms with Gasteiger partial charge < -0.3 is 25.6 Å². The van der Waals surface area contributed by atoms with Gasteiger partial charge in [0.15, 0.2) is 0 Å². The lowest BCUT2D eigenvalue weighted by atomic mass is 10.1. The Morgan fingerprint density at radius 3 is 1.94 bits per heavy atom. The number of ether oxygens (including phenoxy) is 1. The van der Waals surface area contributed by atoms with Crippen LogP contribution in [0.5, 0.6) is 0 Å². The first kappa shape index (κ1) is 33.7. The zero-order chi connectivity index (χ0) is 26.4. The number of carboxylic acids is 1. The molecule has 0 amide bonds. The highest BCUT2D eigenvalue weighted by molar-refractivity contribution is 7.47. The highest BCUT2D eigenvalue weighted by Gasteiger charge is 2.26. The summed E-state index contributed by atoms with van der Waals surface area (Å²) in [6.07, 6.45) is 18.6. The third-order valence-electron chi connectivity index (χ3n) is 5.24. The molecule has 0 spiro atoms. The van der Waals surface area contributed by atoms with Crippen LogP contribution in [0.4, 0.5) is 0 Å². The summed E-state index contributed by atoms with van der Waals surface area (Å²) < 4.78 is 25.5. The van der Waals surface area contributed by atoms with E-state index in [0.29, 0.717) is 6.42 Å². The van der Waals surface area contributed by atoms with Gasteiger partial charge in [-0.15, -0.1) is 0 Å². The third-order valence-corrected chi connectivity index (χ3v) is 6.19. The van der Waals surface area contributed by atoms with Crippen molar-refractivity contribution in [2.24, 2.45) is 5.73 Å². The molecule has 10 nitrogen and oxygen atoms in total. The molecule has 0 rings (SSSR count). The molecule has 0 aromatic rings. The van der Waals surface area contributed by atoms with Gasteiger partial charge in [-0.05, 0) is 32.1 Å². The van der Waals surface area contributed by atoms with E-state index >= 15 is 0 Å². The number of carbonyl (C=O) groups is 2. The van der Waals surface area contributed by atoms with E-state index in [1.807, 2.05) is 0 Å². The van der Waals surface area contributed by atoms with Gasteiger partial charge in [0.2, 0.25) is 0 Å². The minimum absolute atomic E-state index is 0.237. The number of phosphoric acid groups is 1. The Labute approximate surface area is 209 Å². The summed E-state index contributed by atoms with van der Waals surface area (Å²) in [5.74, 6) is -1.86. The number of carboxylic acid groups (broad SMARTS) is 1. The van der Waals surface area contributed by atoms with Crippen molar-refractivity contribution < 1.29 is 43.0 Å². The van der Waals surface area contributed by atoms with Gasteiger partial charge in [0.25, 0.3) is 0 Å². The van der Waals surface area contributed by atoms with Crippen LogP contribution in [0.1, 0.15) is 96.8 Å². The number of unbranched alkanes of at least 4 members (excludes halogenated alkanes) is 11. The van der Waals surface area contributed by atoms with E-state index in [1.54, 1.807) is 0 Å². The van der Waals surface area contributed by atoms with Crippen LogP contribution in [0.2, 0.25) is 0 Å². The van der Waals surface area contributed by atoms with E-state index in [1.165, 1.54) is 44.9 Å². The van der Waals surface area contributed by atoms with Gasteiger partial charge in [0.05, 0.1) is 13.2 Å². The molecule has 35 heavy (non-hydrogen) atoms. The number of aliphatic carboxylic acids is 1. The average molecular weight is 524 g/mol. The molecule has 1 unspecified atom stereocenters. The number of aliphatic hydroxyl groups excluding tert-OH is 1. The van der Waals surface area contributed by atoms with Crippen molar-refractivity contribution >= 4 is 19.8 Å². The zero-order valence-corrected chi connectivity index (χ0v) is 22.0. The smallest absolute Gasteiger partial charge is 0.472 e. The van der Waals surface area contributed by atoms with Gasteiger partial charge in [0, 0.05) is 6.42 Å². The quantitative estimate of drug-likeness (QED) is 0.0613. The number of aliphatic hydroxyl groups is 1. The van der Waals surface area contributed by atoms with E-state index in [2.05, 4.69) is 28.1 Å². The number of hydrogen-bond acceptors (Lipinski definition) is 8. The number of nitrogens with two attached hydrogens (primary N) is 1. The first-order valence-electron chi connectivity index (χ1n) is 12.8. The van der Waals surface area contributed by atoms with Crippen molar-refractivity contribution in [2.75, 3.05) is 19.8 Å². The summed E-state index contributed by atoms with van der Waals surface area (Å²) in [6.45, 7) is 0.482. The van der Waals surface area contributed by atoms with Crippen molar-refractivity contribution in [2.45, 2.75) is 109 Å². The minimum atomic E-state index is -4.58. The Morgan fingerprint density at radius 1 is 0.857 bits per heavy atom. The molecule has 0 saturated carbocycles. The van der Waals surface area contributed by atoms with Crippen LogP contribution in [0.15, 0.2) is 12.2 Å². The molecule has 0 radical (unpaired) electrons. The molecule has 0 aromatic carbocycles. The van der Waals surface area contributed by atoms with Gasteiger partial charge in [-0.2, -0.15) is 0 Å². The van der Waals surface area contributed by atoms with Gasteiger partial charge in [-0.3, -0.25) is 18.6 Å². The highest BCUT2D eigenvalue weighted by atomic mass is 31.2. The van der Waals surface area contributed by atoms with Crippen LogP contribution in [-0.2, 0) is 27.9 Å². The topological polar surface area (TPSA) is 166 Å².